The molecule has 0 amide bonds. The lowest BCUT2D eigenvalue weighted by atomic mass is 10.3. The van der Waals surface area contributed by atoms with Crippen LogP contribution in [0.5, 0.6) is 0 Å². The van der Waals surface area contributed by atoms with Gasteiger partial charge in [0.15, 0.2) is 0 Å². The summed E-state index contributed by atoms with van der Waals surface area (Å²) in [6.07, 6.45) is 6.04. The average molecular weight is 350 g/mol. The maximum Gasteiger partial charge on any atom is 0.285 e. The Bertz CT molecular complexity index is 700. The van der Waals surface area contributed by atoms with Gasteiger partial charge in [-0.15, -0.1) is 0 Å². The van der Waals surface area contributed by atoms with Crippen LogP contribution in [0.4, 0.5) is 11.6 Å². The molecule has 0 saturated carbocycles. The summed E-state index contributed by atoms with van der Waals surface area (Å²) in [6.45, 7) is 5.58. The van der Waals surface area contributed by atoms with Crippen molar-refractivity contribution in [3.05, 3.63) is 40.0 Å². The number of anilines is 2. The topological polar surface area (TPSA) is 90.0 Å². The lowest BCUT2D eigenvalue weighted by molar-refractivity contribution is 0.256. The van der Waals surface area contributed by atoms with Crippen molar-refractivity contribution in [2.75, 3.05) is 49.5 Å². The maximum atomic E-state index is 11.4. The Hall–Kier alpha value is -2.19. The van der Waals surface area contributed by atoms with Crippen LogP contribution >= 0.6 is 11.6 Å². The van der Waals surface area contributed by atoms with Crippen LogP contribution in [0.25, 0.3) is 0 Å². The van der Waals surface area contributed by atoms with Gasteiger partial charge in [-0.25, -0.2) is 15.1 Å². The Morgan fingerprint density at radius 2 is 1.96 bits per heavy atom. The second-order valence-electron chi connectivity index (χ2n) is 5.58. The predicted molar refractivity (Wildman–Crippen MR) is 93.7 cm³/mol. The number of hydrogen-bond acceptors (Lipinski definition) is 7. The molecule has 2 N–H and O–H groups in total. The van der Waals surface area contributed by atoms with Crippen LogP contribution in [0.15, 0.2) is 29.5 Å². The Labute approximate surface area is 144 Å². The molecule has 2 aromatic heterocycles. The fourth-order valence-corrected chi connectivity index (χ4v) is 2.82. The number of aromatic nitrogens is 4. The van der Waals surface area contributed by atoms with Gasteiger partial charge in [-0.1, -0.05) is 11.6 Å². The molecule has 0 radical (unpaired) electrons. The smallest absolute Gasteiger partial charge is 0.285 e. The summed E-state index contributed by atoms with van der Waals surface area (Å²) in [5, 5.41) is 9.35. The van der Waals surface area contributed by atoms with Gasteiger partial charge in [-0.3, -0.25) is 9.69 Å². The van der Waals surface area contributed by atoms with Gasteiger partial charge in [-0.2, -0.15) is 5.10 Å². The fourth-order valence-electron chi connectivity index (χ4n) is 2.66. The lowest BCUT2D eigenvalue weighted by Gasteiger charge is -2.34. The number of nitrogens with zero attached hydrogens (tertiary/aromatic N) is 5. The van der Waals surface area contributed by atoms with Crippen LogP contribution in [-0.2, 0) is 0 Å². The molecule has 1 aliphatic heterocycles. The summed E-state index contributed by atoms with van der Waals surface area (Å²) >= 11 is 5.92. The number of aromatic amines is 1. The van der Waals surface area contributed by atoms with Crippen molar-refractivity contribution in [2.24, 2.45) is 0 Å². The molecule has 0 bridgehead atoms. The van der Waals surface area contributed by atoms with E-state index in [9.17, 15) is 4.79 Å². The summed E-state index contributed by atoms with van der Waals surface area (Å²) < 4.78 is 0. The minimum Gasteiger partial charge on any atom is -0.382 e. The van der Waals surface area contributed by atoms with E-state index in [1.807, 2.05) is 6.07 Å². The Kier molecular flexibility index (Phi) is 5.60. The molecule has 24 heavy (non-hydrogen) atoms. The summed E-state index contributed by atoms with van der Waals surface area (Å²) in [6, 6.07) is 1.83. The van der Waals surface area contributed by atoms with Crippen molar-refractivity contribution in [1.29, 1.82) is 0 Å². The van der Waals surface area contributed by atoms with Crippen LogP contribution in [0.1, 0.15) is 6.42 Å². The molecule has 0 atom stereocenters. The van der Waals surface area contributed by atoms with Crippen LogP contribution in [0.3, 0.4) is 0 Å². The Morgan fingerprint density at radius 3 is 2.71 bits per heavy atom. The molecule has 0 aromatic carbocycles. The Morgan fingerprint density at radius 1 is 1.21 bits per heavy atom. The van der Waals surface area contributed by atoms with E-state index in [2.05, 4.69) is 35.3 Å². The van der Waals surface area contributed by atoms with Crippen molar-refractivity contribution in [3.63, 3.8) is 0 Å². The summed E-state index contributed by atoms with van der Waals surface area (Å²) in [5.74, 6) is 0.801. The zero-order chi connectivity index (χ0) is 16.8. The zero-order valence-corrected chi connectivity index (χ0v) is 14.0. The molecular formula is C15H20ClN7O. The quantitative estimate of drug-likeness (QED) is 0.747. The normalized spacial score (nSPS) is 15.5. The van der Waals surface area contributed by atoms with Gasteiger partial charge in [-0.05, 0) is 19.0 Å². The predicted octanol–water partition coefficient (Wildman–Crippen LogP) is 0.838. The number of piperazine rings is 1. The van der Waals surface area contributed by atoms with Crippen LogP contribution < -0.4 is 15.8 Å². The molecule has 128 valence electrons. The summed E-state index contributed by atoms with van der Waals surface area (Å²) in [7, 11) is 0. The molecule has 1 fully saturated rings. The zero-order valence-electron chi connectivity index (χ0n) is 13.3. The van der Waals surface area contributed by atoms with E-state index < -0.39 is 0 Å². The van der Waals surface area contributed by atoms with Crippen molar-refractivity contribution in [2.45, 2.75) is 6.42 Å². The highest BCUT2D eigenvalue weighted by Gasteiger charge is 2.18. The van der Waals surface area contributed by atoms with Crippen LogP contribution in [-0.4, -0.2) is 64.3 Å². The minimum atomic E-state index is -0.374. The first-order chi connectivity index (χ1) is 11.7. The second kappa shape index (κ2) is 8.07. The van der Waals surface area contributed by atoms with Crippen molar-refractivity contribution >= 4 is 23.2 Å². The average Bonchev–Trinajstić information content (AvgIpc) is 2.63. The molecule has 9 heteroatoms. The van der Waals surface area contributed by atoms with Crippen molar-refractivity contribution in [3.8, 4) is 0 Å². The summed E-state index contributed by atoms with van der Waals surface area (Å²) in [4.78, 5) is 24.6. The number of hydrogen-bond donors (Lipinski definition) is 2. The maximum absolute atomic E-state index is 11.4. The molecule has 3 heterocycles. The summed E-state index contributed by atoms with van der Waals surface area (Å²) in [5.41, 5.74) is 0.201. The van der Waals surface area contributed by atoms with Gasteiger partial charge in [0.25, 0.3) is 5.56 Å². The van der Waals surface area contributed by atoms with Gasteiger partial charge >= 0.3 is 0 Å². The molecule has 2 aromatic rings. The number of H-pyrrole nitrogens is 1. The standard InChI is InChI=1S/C15H20ClN7O/c16-13-12(11-20-21-14(13)24)17-5-2-6-22-7-9-23(10-8-22)15-18-3-1-4-19-15/h1,3-4,11H,2,5-10H2,(H2,17,21,24). The third-order valence-corrected chi connectivity index (χ3v) is 4.34. The van der Waals surface area contributed by atoms with Crippen molar-refractivity contribution < 1.29 is 0 Å². The van der Waals surface area contributed by atoms with Gasteiger partial charge < -0.3 is 10.2 Å². The van der Waals surface area contributed by atoms with Gasteiger partial charge in [0.05, 0.1) is 11.9 Å². The second-order valence-corrected chi connectivity index (χ2v) is 5.96. The molecule has 1 saturated heterocycles. The highest BCUT2D eigenvalue weighted by molar-refractivity contribution is 6.32. The van der Waals surface area contributed by atoms with E-state index in [4.69, 9.17) is 11.6 Å². The minimum absolute atomic E-state index is 0.154. The molecule has 0 aliphatic carbocycles. The number of rotatable bonds is 6. The number of halogens is 1. The van der Waals surface area contributed by atoms with E-state index >= 15 is 0 Å². The van der Waals surface area contributed by atoms with E-state index in [-0.39, 0.29) is 10.6 Å². The lowest BCUT2D eigenvalue weighted by Crippen LogP contribution is -2.47. The first kappa shape index (κ1) is 16.7. The van der Waals surface area contributed by atoms with Gasteiger partial charge in [0.2, 0.25) is 5.95 Å². The van der Waals surface area contributed by atoms with Crippen LogP contribution in [0, 0.1) is 0 Å². The van der Waals surface area contributed by atoms with Crippen LogP contribution in [0.2, 0.25) is 5.02 Å². The molecule has 3 rings (SSSR count). The first-order valence-electron chi connectivity index (χ1n) is 7.95. The molecule has 1 aliphatic rings. The monoisotopic (exact) mass is 349 g/mol. The highest BCUT2D eigenvalue weighted by atomic mass is 35.5. The third kappa shape index (κ3) is 4.21. The molecule has 8 nitrogen and oxygen atoms in total. The molecule has 0 unspecified atom stereocenters. The van der Waals surface area contributed by atoms with E-state index in [1.54, 1.807) is 12.4 Å². The largest absolute Gasteiger partial charge is 0.382 e. The molecule has 0 spiro atoms. The van der Waals surface area contributed by atoms with E-state index in [1.165, 1.54) is 6.20 Å². The third-order valence-electron chi connectivity index (χ3n) is 3.97. The number of nitrogens with one attached hydrogen (secondary N) is 2. The highest BCUT2D eigenvalue weighted by Crippen LogP contribution is 2.14. The first-order valence-corrected chi connectivity index (χ1v) is 8.33. The SMILES string of the molecule is O=c1[nH]ncc(NCCCN2CCN(c3ncccn3)CC2)c1Cl. The van der Waals surface area contributed by atoms with E-state index in [0.29, 0.717) is 5.69 Å². The Balaban J connectivity index is 1.38. The van der Waals surface area contributed by atoms with E-state index in [0.717, 1.165) is 51.6 Å². The fraction of sp³-hybridized carbons (Fsp3) is 0.467. The van der Waals surface area contributed by atoms with Gasteiger partial charge in [0.1, 0.15) is 5.02 Å². The molecular weight excluding hydrogens is 330 g/mol. The van der Waals surface area contributed by atoms with Gasteiger partial charge in [0, 0.05) is 45.1 Å². The van der Waals surface area contributed by atoms with Crippen molar-refractivity contribution in [1.82, 2.24) is 25.1 Å².